The number of hydrogen-bond acceptors (Lipinski definition) is 2. The summed E-state index contributed by atoms with van der Waals surface area (Å²) in [6.45, 7) is 9.19. The lowest BCUT2D eigenvalue weighted by atomic mass is 10.2. The molecule has 0 heterocycles. The molecule has 1 rings (SSSR count). The van der Waals surface area contributed by atoms with Crippen molar-refractivity contribution in [1.29, 1.82) is 0 Å². The van der Waals surface area contributed by atoms with Crippen LogP contribution in [0.2, 0.25) is 0 Å². The Bertz CT molecular complexity index is 379. The number of nitrogens with zero attached hydrogens (tertiary/aromatic N) is 1. The first kappa shape index (κ1) is 16.5. The van der Waals surface area contributed by atoms with Crippen LogP contribution in [0, 0.1) is 0 Å². The van der Waals surface area contributed by atoms with Gasteiger partial charge in [-0.2, -0.15) is 0 Å². The van der Waals surface area contributed by atoms with Gasteiger partial charge in [0.2, 0.25) is 0 Å². The summed E-state index contributed by atoms with van der Waals surface area (Å²) in [5.41, 5.74) is 1.20. The van der Waals surface area contributed by atoms with Crippen LogP contribution in [0.15, 0.2) is 35.3 Å². The van der Waals surface area contributed by atoms with Gasteiger partial charge >= 0.3 is 0 Å². The molecule has 0 saturated carbocycles. The lowest BCUT2D eigenvalue weighted by Crippen LogP contribution is -2.42. The van der Waals surface area contributed by atoms with Gasteiger partial charge in [-0.25, -0.2) is 0 Å². The number of benzene rings is 1. The monoisotopic (exact) mass is 277 g/mol. The quantitative estimate of drug-likeness (QED) is 0.436. The molecule has 1 unspecified atom stereocenters. The molecule has 0 radical (unpaired) electrons. The zero-order chi connectivity index (χ0) is 14.6. The van der Waals surface area contributed by atoms with Gasteiger partial charge in [-0.05, 0) is 25.8 Å². The molecule has 2 N–H and O–H groups in total. The fourth-order valence-corrected chi connectivity index (χ4v) is 1.64. The van der Waals surface area contributed by atoms with Crippen LogP contribution in [0.5, 0.6) is 0 Å². The number of nitrogens with one attached hydrogen (secondary N) is 2. The van der Waals surface area contributed by atoms with Crippen molar-refractivity contribution in [2.75, 3.05) is 19.7 Å². The van der Waals surface area contributed by atoms with Crippen molar-refractivity contribution in [3.05, 3.63) is 35.9 Å². The highest BCUT2D eigenvalue weighted by atomic mass is 16.5. The molecule has 4 heteroatoms. The van der Waals surface area contributed by atoms with E-state index in [0.29, 0.717) is 25.8 Å². The molecule has 112 valence electrons. The molecule has 0 aromatic heterocycles. The van der Waals surface area contributed by atoms with E-state index < -0.39 is 0 Å². The Labute approximate surface area is 122 Å². The van der Waals surface area contributed by atoms with Crippen LogP contribution in [-0.2, 0) is 11.3 Å². The van der Waals surface area contributed by atoms with E-state index >= 15 is 0 Å². The number of hydrogen-bond donors (Lipinski definition) is 2. The summed E-state index contributed by atoms with van der Waals surface area (Å²) in [5, 5.41) is 6.60. The minimum atomic E-state index is 0.429. The largest absolute Gasteiger partial charge is 0.375 e. The van der Waals surface area contributed by atoms with E-state index in [1.165, 1.54) is 5.56 Å². The van der Waals surface area contributed by atoms with E-state index in [1.807, 2.05) is 18.2 Å². The van der Waals surface area contributed by atoms with E-state index in [-0.39, 0.29) is 0 Å². The Morgan fingerprint density at radius 3 is 2.65 bits per heavy atom. The molecule has 0 saturated heterocycles. The summed E-state index contributed by atoms with van der Waals surface area (Å²) in [6.07, 6.45) is 1.08. The van der Waals surface area contributed by atoms with Crippen molar-refractivity contribution in [3.8, 4) is 0 Å². The SMILES string of the molecule is CCNC(=NCCOCc1ccccc1)NC(C)CC. The Balaban J connectivity index is 2.26. The van der Waals surface area contributed by atoms with E-state index in [0.717, 1.165) is 18.9 Å². The third-order valence-corrected chi connectivity index (χ3v) is 2.96. The van der Waals surface area contributed by atoms with Gasteiger partial charge in [0.1, 0.15) is 0 Å². The Morgan fingerprint density at radius 1 is 1.25 bits per heavy atom. The summed E-state index contributed by atoms with van der Waals surface area (Å²) >= 11 is 0. The molecule has 0 fully saturated rings. The summed E-state index contributed by atoms with van der Waals surface area (Å²) < 4.78 is 5.62. The molecule has 0 aliphatic heterocycles. The van der Waals surface area contributed by atoms with Crippen molar-refractivity contribution in [1.82, 2.24) is 10.6 Å². The predicted octanol–water partition coefficient (Wildman–Crippen LogP) is 2.56. The highest BCUT2D eigenvalue weighted by Gasteiger charge is 2.01. The van der Waals surface area contributed by atoms with Crippen LogP contribution in [-0.4, -0.2) is 31.7 Å². The highest BCUT2D eigenvalue weighted by molar-refractivity contribution is 5.79. The van der Waals surface area contributed by atoms with Crippen LogP contribution in [0.1, 0.15) is 32.8 Å². The zero-order valence-corrected chi connectivity index (χ0v) is 12.9. The highest BCUT2D eigenvalue weighted by Crippen LogP contribution is 1.99. The maximum atomic E-state index is 5.62. The average Bonchev–Trinajstić information content (AvgIpc) is 2.48. The van der Waals surface area contributed by atoms with Gasteiger partial charge in [-0.1, -0.05) is 37.3 Å². The summed E-state index contributed by atoms with van der Waals surface area (Å²) in [5.74, 6) is 0.866. The summed E-state index contributed by atoms with van der Waals surface area (Å²) in [7, 11) is 0. The molecule has 0 aliphatic rings. The molecule has 0 bridgehead atoms. The molecular weight excluding hydrogens is 250 g/mol. The predicted molar refractivity (Wildman–Crippen MR) is 85.0 cm³/mol. The van der Waals surface area contributed by atoms with Crippen molar-refractivity contribution < 1.29 is 4.74 Å². The average molecular weight is 277 g/mol. The third kappa shape index (κ3) is 7.14. The Hall–Kier alpha value is -1.55. The van der Waals surface area contributed by atoms with Gasteiger partial charge in [0.25, 0.3) is 0 Å². The van der Waals surface area contributed by atoms with Gasteiger partial charge in [0.15, 0.2) is 5.96 Å². The van der Waals surface area contributed by atoms with Crippen molar-refractivity contribution >= 4 is 5.96 Å². The minimum Gasteiger partial charge on any atom is -0.375 e. The standard InChI is InChI=1S/C16H27N3O/c1-4-14(3)19-16(17-5-2)18-11-12-20-13-15-9-7-6-8-10-15/h6-10,14H,4-5,11-13H2,1-3H3,(H2,17,18,19). The third-order valence-electron chi connectivity index (χ3n) is 2.96. The number of rotatable bonds is 8. The molecule has 0 aliphatic carbocycles. The minimum absolute atomic E-state index is 0.429. The Kier molecular flexibility index (Phi) is 8.47. The fraction of sp³-hybridized carbons (Fsp3) is 0.562. The summed E-state index contributed by atoms with van der Waals surface area (Å²) in [4.78, 5) is 4.50. The Morgan fingerprint density at radius 2 is 2.00 bits per heavy atom. The normalized spacial score (nSPS) is 13.1. The fourth-order valence-electron chi connectivity index (χ4n) is 1.64. The smallest absolute Gasteiger partial charge is 0.191 e. The van der Waals surface area contributed by atoms with E-state index in [2.05, 4.69) is 48.5 Å². The lowest BCUT2D eigenvalue weighted by Gasteiger charge is -2.16. The molecule has 1 aromatic rings. The van der Waals surface area contributed by atoms with Gasteiger partial charge in [-0.15, -0.1) is 0 Å². The van der Waals surface area contributed by atoms with Crippen molar-refractivity contribution in [3.63, 3.8) is 0 Å². The van der Waals surface area contributed by atoms with Crippen LogP contribution < -0.4 is 10.6 Å². The second-order valence-electron chi connectivity index (χ2n) is 4.75. The van der Waals surface area contributed by atoms with Gasteiger partial charge in [0, 0.05) is 12.6 Å². The second-order valence-corrected chi connectivity index (χ2v) is 4.75. The van der Waals surface area contributed by atoms with E-state index in [4.69, 9.17) is 4.74 Å². The van der Waals surface area contributed by atoms with E-state index in [9.17, 15) is 0 Å². The molecule has 20 heavy (non-hydrogen) atoms. The number of guanidine groups is 1. The summed E-state index contributed by atoms with van der Waals surface area (Å²) in [6, 6.07) is 10.6. The molecule has 1 atom stereocenters. The van der Waals surface area contributed by atoms with Crippen LogP contribution >= 0.6 is 0 Å². The van der Waals surface area contributed by atoms with Gasteiger partial charge in [-0.3, -0.25) is 4.99 Å². The lowest BCUT2D eigenvalue weighted by molar-refractivity contribution is 0.128. The first-order valence-corrected chi connectivity index (χ1v) is 7.42. The van der Waals surface area contributed by atoms with Crippen LogP contribution in [0.4, 0.5) is 0 Å². The maximum Gasteiger partial charge on any atom is 0.191 e. The zero-order valence-electron chi connectivity index (χ0n) is 12.9. The van der Waals surface area contributed by atoms with Gasteiger partial charge < -0.3 is 15.4 Å². The maximum absolute atomic E-state index is 5.62. The first-order chi connectivity index (χ1) is 9.76. The molecular formula is C16H27N3O. The number of ether oxygens (including phenoxy) is 1. The topological polar surface area (TPSA) is 45.7 Å². The molecule has 4 nitrogen and oxygen atoms in total. The van der Waals surface area contributed by atoms with E-state index in [1.54, 1.807) is 0 Å². The van der Waals surface area contributed by atoms with Crippen molar-refractivity contribution in [2.24, 2.45) is 4.99 Å². The second kappa shape index (κ2) is 10.3. The first-order valence-electron chi connectivity index (χ1n) is 7.42. The number of aliphatic imine (C=N–C) groups is 1. The van der Waals surface area contributed by atoms with Gasteiger partial charge in [0.05, 0.1) is 19.8 Å². The van der Waals surface area contributed by atoms with Crippen LogP contribution in [0.25, 0.3) is 0 Å². The molecule has 1 aromatic carbocycles. The van der Waals surface area contributed by atoms with Crippen LogP contribution in [0.3, 0.4) is 0 Å². The van der Waals surface area contributed by atoms with Crippen molar-refractivity contribution in [2.45, 2.75) is 39.8 Å². The molecule has 0 spiro atoms. The molecule has 0 amide bonds.